The van der Waals surface area contributed by atoms with Crippen molar-refractivity contribution in [1.29, 1.82) is 0 Å². The number of nitrogens with one attached hydrogen (secondary N) is 1. The van der Waals surface area contributed by atoms with E-state index in [9.17, 15) is 4.79 Å². The summed E-state index contributed by atoms with van der Waals surface area (Å²) in [6.45, 7) is 4.06. The minimum absolute atomic E-state index is 0.0378. The maximum absolute atomic E-state index is 11.7. The number of aromatic nitrogens is 2. The summed E-state index contributed by atoms with van der Waals surface area (Å²) in [4.78, 5) is 11.7. The Kier molecular flexibility index (Phi) is 3.91. The molecular weight excluding hydrogens is 218 g/mol. The molecule has 1 aliphatic heterocycles. The van der Waals surface area contributed by atoms with Crippen LogP contribution in [0.3, 0.4) is 0 Å². The second-order valence-corrected chi connectivity index (χ2v) is 4.57. The van der Waals surface area contributed by atoms with Crippen molar-refractivity contribution >= 4 is 0 Å². The number of rotatable bonds is 4. The standard InChI is InChI=1S/C12H19N3O2/c1-9-5-12(16)15(14-6-9)7-11(13-2)10-3-4-17-8-10/h5-6,10-11,13H,3-4,7-8H2,1-2H3. The molecule has 5 nitrogen and oxygen atoms in total. The van der Waals surface area contributed by atoms with Crippen LogP contribution >= 0.6 is 0 Å². The Balaban J connectivity index is 2.09. The molecule has 94 valence electrons. The summed E-state index contributed by atoms with van der Waals surface area (Å²) in [5, 5.41) is 7.41. The molecule has 0 amide bonds. The van der Waals surface area contributed by atoms with Gasteiger partial charge in [0.15, 0.2) is 0 Å². The van der Waals surface area contributed by atoms with Crippen molar-refractivity contribution in [3.8, 4) is 0 Å². The molecule has 0 aromatic carbocycles. The molecule has 2 heterocycles. The maximum Gasteiger partial charge on any atom is 0.267 e. The Bertz CT molecular complexity index is 424. The van der Waals surface area contributed by atoms with E-state index in [2.05, 4.69) is 10.4 Å². The lowest BCUT2D eigenvalue weighted by molar-refractivity contribution is 0.174. The first-order valence-electron chi connectivity index (χ1n) is 5.99. The molecule has 0 bridgehead atoms. The van der Waals surface area contributed by atoms with Crippen molar-refractivity contribution in [1.82, 2.24) is 15.1 Å². The van der Waals surface area contributed by atoms with Crippen LogP contribution in [0.2, 0.25) is 0 Å². The van der Waals surface area contributed by atoms with Gasteiger partial charge in [-0.2, -0.15) is 5.10 Å². The van der Waals surface area contributed by atoms with Gasteiger partial charge < -0.3 is 10.1 Å². The van der Waals surface area contributed by atoms with E-state index >= 15 is 0 Å². The number of likely N-dealkylation sites (N-methyl/N-ethyl adjacent to an activating group) is 1. The number of hydrogen-bond donors (Lipinski definition) is 1. The Morgan fingerprint density at radius 3 is 3.12 bits per heavy atom. The van der Waals surface area contributed by atoms with Crippen molar-refractivity contribution in [2.24, 2.45) is 5.92 Å². The van der Waals surface area contributed by atoms with E-state index < -0.39 is 0 Å². The zero-order valence-corrected chi connectivity index (χ0v) is 10.3. The average Bonchev–Trinajstić information content (AvgIpc) is 2.81. The molecule has 1 aliphatic rings. The zero-order chi connectivity index (χ0) is 12.3. The molecule has 17 heavy (non-hydrogen) atoms. The van der Waals surface area contributed by atoms with E-state index in [0.717, 1.165) is 25.2 Å². The number of hydrogen-bond acceptors (Lipinski definition) is 4. The molecule has 0 saturated carbocycles. The van der Waals surface area contributed by atoms with Gasteiger partial charge in [0.25, 0.3) is 5.56 Å². The fraction of sp³-hybridized carbons (Fsp3) is 0.667. The van der Waals surface area contributed by atoms with Crippen LogP contribution in [0.5, 0.6) is 0 Å². The highest BCUT2D eigenvalue weighted by Crippen LogP contribution is 2.17. The molecule has 2 atom stereocenters. The van der Waals surface area contributed by atoms with E-state index in [4.69, 9.17) is 4.74 Å². The van der Waals surface area contributed by atoms with Crippen molar-refractivity contribution in [3.05, 3.63) is 28.2 Å². The monoisotopic (exact) mass is 237 g/mol. The highest BCUT2D eigenvalue weighted by Gasteiger charge is 2.25. The number of aryl methyl sites for hydroxylation is 1. The third-order valence-corrected chi connectivity index (χ3v) is 3.28. The number of ether oxygens (including phenoxy) is 1. The van der Waals surface area contributed by atoms with Crippen LogP contribution in [0, 0.1) is 12.8 Å². The smallest absolute Gasteiger partial charge is 0.267 e. The highest BCUT2D eigenvalue weighted by molar-refractivity contribution is 5.02. The van der Waals surface area contributed by atoms with Crippen LogP contribution in [0.4, 0.5) is 0 Å². The van der Waals surface area contributed by atoms with Gasteiger partial charge in [-0.15, -0.1) is 0 Å². The molecule has 1 saturated heterocycles. The van der Waals surface area contributed by atoms with Crippen molar-refractivity contribution in [3.63, 3.8) is 0 Å². The molecule has 0 radical (unpaired) electrons. The van der Waals surface area contributed by atoms with E-state index in [1.807, 2.05) is 14.0 Å². The van der Waals surface area contributed by atoms with Crippen molar-refractivity contribution in [2.45, 2.75) is 25.9 Å². The van der Waals surface area contributed by atoms with Gasteiger partial charge in [-0.3, -0.25) is 4.79 Å². The van der Waals surface area contributed by atoms with E-state index in [1.165, 1.54) is 4.68 Å². The van der Waals surface area contributed by atoms with Crippen molar-refractivity contribution < 1.29 is 4.74 Å². The summed E-state index contributed by atoms with van der Waals surface area (Å²) >= 11 is 0. The Morgan fingerprint density at radius 2 is 2.53 bits per heavy atom. The molecule has 0 spiro atoms. The van der Waals surface area contributed by atoms with E-state index in [0.29, 0.717) is 12.5 Å². The van der Waals surface area contributed by atoms with Gasteiger partial charge in [-0.25, -0.2) is 4.68 Å². The van der Waals surface area contributed by atoms with Crippen LogP contribution in [-0.2, 0) is 11.3 Å². The van der Waals surface area contributed by atoms with Gasteiger partial charge in [0.1, 0.15) is 0 Å². The van der Waals surface area contributed by atoms with Crippen LogP contribution in [-0.4, -0.2) is 36.1 Å². The summed E-state index contributed by atoms with van der Waals surface area (Å²) in [5.74, 6) is 0.468. The molecule has 1 aromatic heterocycles. The summed E-state index contributed by atoms with van der Waals surface area (Å²) in [5.41, 5.74) is 0.862. The van der Waals surface area contributed by atoms with E-state index in [1.54, 1.807) is 12.3 Å². The second kappa shape index (κ2) is 5.42. The lowest BCUT2D eigenvalue weighted by atomic mass is 9.99. The summed E-state index contributed by atoms with van der Waals surface area (Å²) in [7, 11) is 1.92. The van der Waals surface area contributed by atoms with Gasteiger partial charge in [-0.1, -0.05) is 0 Å². The van der Waals surface area contributed by atoms with Gasteiger partial charge in [0.2, 0.25) is 0 Å². The van der Waals surface area contributed by atoms with Crippen LogP contribution in [0.25, 0.3) is 0 Å². The SMILES string of the molecule is CNC(Cn1ncc(C)cc1=O)C1CCOC1. The van der Waals surface area contributed by atoms with Gasteiger partial charge in [-0.05, 0) is 26.0 Å². The zero-order valence-electron chi connectivity index (χ0n) is 10.3. The average molecular weight is 237 g/mol. The molecular formula is C12H19N3O2. The first kappa shape index (κ1) is 12.3. The fourth-order valence-corrected chi connectivity index (χ4v) is 2.19. The van der Waals surface area contributed by atoms with Crippen LogP contribution in [0.15, 0.2) is 17.1 Å². The minimum atomic E-state index is -0.0378. The topological polar surface area (TPSA) is 56.2 Å². The lowest BCUT2D eigenvalue weighted by Crippen LogP contribution is -2.41. The molecule has 0 aliphatic carbocycles. The predicted octanol–water partition coefficient (Wildman–Crippen LogP) is 0.176. The van der Waals surface area contributed by atoms with E-state index in [-0.39, 0.29) is 11.6 Å². The third kappa shape index (κ3) is 2.92. The van der Waals surface area contributed by atoms with Crippen LogP contribution < -0.4 is 10.9 Å². The summed E-state index contributed by atoms with van der Waals surface area (Å²) < 4.78 is 6.90. The fourth-order valence-electron chi connectivity index (χ4n) is 2.19. The quantitative estimate of drug-likeness (QED) is 0.811. The molecule has 1 aromatic rings. The normalized spacial score (nSPS) is 21.6. The highest BCUT2D eigenvalue weighted by atomic mass is 16.5. The van der Waals surface area contributed by atoms with Gasteiger partial charge in [0.05, 0.1) is 19.3 Å². The number of nitrogens with zero attached hydrogens (tertiary/aromatic N) is 2. The molecule has 5 heteroatoms. The summed E-state index contributed by atoms with van der Waals surface area (Å²) in [6.07, 6.45) is 2.77. The first-order chi connectivity index (χ1) is 8.20. The Morgan fingerprint density at radius 1 is 1.71 bits per heavy atom. The van der Waals surface area contributed by atoms with Crippen LogP contribution in [0.1, 0.15) is 12.0 Å². The van der Waals surface area contributed by atoms with Crippen molar-refractivity contribution in [2.75, 3.05) is 20.3 Å². The third-order valence-electron chi connectivity index (χ3n) is 3.28. The minimum Gasteiger partial charge on any atom is -0.381 e. The Labute approximate surface area is 101 Å². The molecule has 1 N–H and O–H groups in total. The Hall–Kier alpha value is -1.20. The lowest BCUT2D eigenvalue weighted by Gasteiger charge is -2.21. The molecule has 2 unspecified atom stereocenters. The first-order valence-corrected chi connectivity index (χ1v) is 5.99. The second-order valence-electron chi connectivity index (χ2n) is 4.57. The predicted molar refractivity (Wildman–Crippen MR) is 65.0 cm³/mol. The summed E-state index contributed by atoms with van der Waals surface area (Å²) in [6, 6.07) is 1.86. The van der Waals surface area contributed by atoms with Gasteiger partial charge in [0, 0.05) is 24.6 Å². The maximum atomic E-state index is 11.7. The molecule has 1 fully saturated rings. The largest absolute Gasteiger partial charge is 0.381 e. The molecule has 2 rings (SSSR count). The van der Waals surface area contributed by atoms with Gasteiger partial charge >= 0.3 is 0 Å².